The van der Waals surface area contributed by atoms with Crippen molar-refractivity contribution in [2.75, 3.05) is 24.9 Å². The number of ether oxygens (including phenoxy) is 2. The molecule has 0 aliphatic heterocycles. The van der Waals surface area contributed by atoms with Gasteiger partial charge in [-0.2, -0.15) is 10.2 Å². The molecule has 0 bridgehead atoms. The number of nitrogens with zero attached hydrogens (tertiary/aromatic N) is 5. The van der Waals surface area contributed by atoms with Gasteiger partial charge in [0.25, 0.3) is 0 Å². The van der Waals surface area contributed by atoms with Crippen LogP contribution < -0.4 is 20.1 Å². The monoisotopic (exact) mass is 501 g/mol. The summed E-state index contributed by atoms with van der Waals surface area (Å²) in [6.45, 7) is 3.74. The van der Waals surface area contributed by atoms with Gasteiger partial charge in [-0.15, -0.1) is 0 Å². The number of aromatic nitrogens is 5. The van der Waals surface area contributed by atoms with Crippen molar-refractivity contribution in [2.45, 2.75) is 6.54 Å². The fraction of sp³-hybridized carbons (Fsp3) is 0.182. The summed E-state index contributed by atoms with van der Waals surface area (Å²) in [7, 11) is 4.80. The van der Waals surface area contributed by atoms with Crippen LogP contribution in [0.2, 0.25) is 10.0 Å². The van der Waals surface area contributed by atoms with Crippen molar-refractivity contribution in [3.05, 3.63) is 58.9 Å². The highest BCUT2D eigenvalue weighted by molar-refractivity contribution is 6.37. The topological polar surface area (TPSA) is 108 Å². The molecular weight excluding hydrogens is 481 g/mol. The van der Waals surface area contributed by atoms with Crippen LogP contribution in [0.4, 0.5) is 17.3 Å². The van der Waals surface area contributed by atoms with Gasteiger partial charge in [-0.25, -0.2) is 4.98 Å². The average molecular weight is 502 g/mol. The third-order valence-electron chi connectivity index (χ3n) is 4.99. The molecule has 0 aliphatic carbocycles. The third kappa shape index (κ3) is 4.50. The number of carbonyl (C=O) groups excluding carboxylic acids is 1. The Labute approximate surface area is 205 Å². The first-order valence-corrected chi connectivity index (χ1v) is 10.8. The van der Waals surface area contributed by atoms with Gasteiger partial charge in [0.05, 0.1) is 48.7 Å². The summed E-state index contributed by atoms with van der Waals surface area (Å²) in [5.74, 6) is 1.53. The summed E-state index contributed by atoms with van der Waals surface area (Å²) in [4.78, 5) is 16.3. The summed E-state index contributed by atoms with van der Waals surface area (Å²) < 4.78 is 14.0. The minimum absolute atomic E-state index is 0.279. The molecule has 176 valence electrons. The molecule has 4 rings (SSSR count). The molecule has 1 aromatic carbocycles. The lowest BCUT2D eigenvalue weighted by Crippen LogP contribution is -2.08. The number of halogens is 2. The van der Waals surface area contributed by atoms with Gasteiger partial charge in [0.2, 0.25) is 5.91 Å². The van der Waals surface area contributed by atoms with Crippen LogP contribution in [0, 0.1) is 0 Å². The molecule has 0 unspecified atom stereocenters. The molecule has 0 saturated heterocycles. The van der Waals surface area contributed by atoms with Crippen molar-refractivity contribution in [3.63, 3.8) is 0 Å². The molecule has 12 heteroatoms. The van der Waals surface area contributed by atoms with Crippen LogP contribution in [-0.4, -0.2) is 44.7 Å². The first-order chi connectivity index (χ1) is 16.3. The predicted octanol–water partition coefficient (Wildman–Crippen LogP) is 4.41. The van der Waals surface area contributed by atoms with E-state index in [0.717, 1.165) is 5.52 Å². The zero-order valence-corrected chi connectivity index (χ0v) is 20.1. The second-order valence-corrected chi connectivity index (χ2v) is 7.93. The number of fused-ring (bicyclic) bond motifs is 1. The van der Waals surface area contributed by atoms with Gasteiger partial charge >= 0.3 is 0 Å². The van der Waals surface area contributed by atoms with E-state index in [4.69, 9.17) is 32.7 Å². The quantitative estimate of drug-likeness (QED) is 0.344. The second kappa shape index (κ2) is 9.62. The van der Waals surface area contributed by atoms with Crippen molar-refractivity contribution < 1.29 is 14.3 Å². The Morgan fingerprint density at radius 1 is 1.21 bits per heavy atom. The van der Waals surface area contributed by atoms with E-state index >= 15 is 0 Å². The normalized spacial score (nSPS) is 10.9. The molecule has 3 heterocycles. The summed E-state index contributed by atoms with van der Waals surface area (Å²) >= 11 is 13.0. The van der Waals surface area contributed by atoms with E-state index in [-0.39, 0.29) is 12.5 Å². The molecule has 2 N–H and O–H groups in total. The molecule has 0 spiro atoms. The van der Waals surface area contributed by atoms with Crippen LogP contribution in [0.5, 0.6) is 11.5 Å². The minimum Gasteiger partial charge on any atom is -0.495 e. The number of rotatable bonds is 8. The number of methoxy groups -OCH3 is 2. The van der Waals surface area contributed by atoms with E-state index in [2.05, 4.69) is 32.4 Å². The van der Waals surface area contributed by atoms with Crippen LogP contribution in [0.1, 0.15) is 5.56 Å². The number of hydrogen-bond donors (Lipinski definition) is 2. The van der Waals surface area contributed by atoms with Crippen LogP contribution in [0.15, 0.2) is 43.2 Å². The van der Waals surface area contributed by atoms with Crippen LogP contribution in [0.3, 0.4) is 0 Å². The zero-order valence-electron chi connectivity index (χ0n) is 18.6. The summed E-state index contributed by atoms with van der Waals surface area (Å²) in [5, 5.41) is 15.4. The highest BCUT2D eigenvalue weighted by atomic mass is 35.5. The first kappa shape index (κ1) is 23.4. The van der Waals surface area contributed by atoms with E-state index in [0.29, 0.717) is 49.9 Å². The fourth-order valence-electron chi connectivity index (χ4n) is 3.37. The number of carbonyl (C=O) groups is 1. The number of pyridine rings is 1. The number of nitrogens with one attached hydrogen (secondary N) is 2. The molecule has 1 amide bonds. The number of benzene rings is 1. The van der Waals surface area contributed by atoms with Gasteiger partial charge in [0.1, 0.15) is 28.5 Å². The number of hydrogen-bond acceptors (Lipinski definition) is 7. The minimum atomic E-state index is -0.341. The maximum atomic E-state index is 11.7. The van der Waals surface area contributed by atoms with Gasteiger partial charge in [0, 0.05) is 18.7 Å². The maximum Gasteiger partial charge on any atom is 0.247 e. The molecule has 0 radical (unpaired) electrons. The van der Waals surface area contributed by atoms with Gasteiger partial charge in [-0.3, -0.25) is 14.2 Å². The zero-order chi connectivity index (χ0) is 24.4. The molecular formula is C22H21Cl2N7O3. The van der Waals surface area contributed by atoms with E-state index in [1.54, 1.807) is 40.9 Å². The Balaban J connectivity index is 1.64. The highest BCUT2D eigenvalue weighted by Gasteiger charge is 2.19. The third-order valence-corrected chi connectivity index (χ3v) is 5.82. The lowest BCUT2D eigenvalue weighted by atomic mass is 10.2. The average Bonchev–Trinajstić information content (AvgIpc) is 3.38. The van der Waals surface area contributed by atoms with Crippen LogP contribution >= 0.6 is 23.2 Å². The smallest absolute Gasteiger partial charge is 0.247 e. The van der Waals surface area contributed by atoms with E-state index in [9.17, 15) is 4.79 Å². The Hall–Kier alpha value is -3.76. The lowest BCUT2D eigenvalue weighted by Gasteiger charge is -2.15. The Morgan fingerprint density at radius 3 is 2.56 bits per heavy atom. The van der Waals surface area contributed by atoms with Crippen molar-refractivity contribution in [1.82, 2.24) is 24.5 Å². The van der Waals surface area contributed by atoms with E-state index in [1.807, 2.05) is 6.07 Å². The first-order valence-electron chi connectivity index (χ1n) is 10.00. The molecule has 0 saturated carbocycles. The van der Waals surface area contributed by atoms with Crippen molar-refractivity contribution in [1.29, 1.82) is 0 Å². The Morgan fingerprint density at radius 2 is 1.91 bits per heavy atom. The molecule has 4 aromatic rings. The molecule has 10 nitrogen and oxygen atoms in total. The summed E-state index contributed by atoms with van der Waals surface area (Å²) in [5.41, 5.74) is 2.52. The van der Waals surface area contributed by atoms with Crippen molar-refractivity contribution >= 4 is 57.5 Å². The molecule has 0 aliphatic rings. The molecule has 34 heavy (non-hydrogen) atoms. The van der Waals surface area contributed by atoms with Crippen molar-refractivity contribution in [3.8, 4) is 11.5 Å². The van der Waals surface area contributed by atoms with Crippen molar-refractivity contribution in [2.24, 2.45) is 7.05 Å². The standard InChI is InChI=1S/C22H21Cl2N7O3/c1-5-19(32)27-14-11-30(2)29-22(14)28-18-7-6-15-13(26-18)9-25-31(15)10-12-20(23)16(33-3)8-17(34-4)21(12)24/h5-9,11H,1,10H2,2-4H3,(H,27,32)(H,26,28,29). The fourth-order valence-corrected chi connectivity index (χ4v) is 3.99. The van der Waals surface area contributed by atoms with Crippen LogP contribution in [-0.2, 0) is 18.4 Å². The highest BCUT2D eigenvalue weighted by Crippen LogP contribution is 2.41. The molecule has 0 fully saturated rings. The summed E-state index contributed by atoms with van der Waals surface area (Å²) in [6, 6.07) is 5.28. The van der Waals surface area contributed by atoms with E-state index < -0.39 is 0 Å². The van der Waals surface area contributed by atoms with E-state index in [1.165, 1.54) is 20.3 Å². The number of amides is 1. The van der Waals surface area contributed by atoms with Gasteiger partial charge < -0.3 is 20.1 Å². The van der Waals surface area contributed by atoms with Crippen LogP contribution in [0.25, 0.3) is 11.0 Å². The number of aryl methyl sites for hydroxylation is 1. The maximum absolute atomic E-state index is 11.7. The van der Waals surface area contributed by atoms with Gasteiger partial charge in [0.15, 0.2) is 5.82 Å². The Kier molecular flexibility index (Phi) is 6.62. The molecule has 0 atom stereocenters. The second-order valence-electron chi connectivity index (χ2n) is 7.17. The predicted molar refractivity (Wildman–Crippen MR) is 132 cm³/mol. The number of anilines is 3. The van der Waals surface area contributed by atoms with Gasteiger partial charge in [-0.1, -0.05) is 29.8 Å². The van der Waals surface area contributed by atoms with Gasteiger partial charge in [-0.05, 0) is 18.2 Å². The largest absolute Gasteiger partial charge is 0.495 e. The Bertz CT molecular complexity index is 1370. The SMILES string of the molecule is C=CC(=O)Nc1cn(C)nc1Nc1ccc2c(cnn2Cc2c(Cl)c(OC)cc(OC)c2Cl)n1. The molecule has 3 aromatic heterocycles. The summed E-state index contributed by atoms with van der Waals surface area (Å²) in [6.07, 6.45) is 4.50. The lowest BCUT2D eigenvalue weighted by molar-refractivity contribution is -0.111.